The topological polar surface area (TPSA) is 63.6 Å². The molecule has 3 aliphatic heterocycles. The van der Waals surface area contributed by atoms with Crippen LogP contribution in [0.5, 0.6) is 0 Å². The number of hydrogen-bond donors (Lipinski definition) is 1. The average molecular weight is 400 g/mol. The summed E-state index contributed by atoms with van der Waals surface area (Å²) in [5.41, 5.74) is 2.53. The predicted octanol–water partition coefficient (Wildman–Crippen LogP) is 2.46. The molecule has 4 atom stereocenters. The Kier molecular flexibility index (Phi) is 6.20. The Balaban J connectivity index is 1.51. The zero-order valence-electron chi connectivity index (χ0n) is 17.6. The maximum absolute atomic E-state index is 12.7. The lowest BCUT2D eigenvalue weighted by Gasteiger charge is -2.47. The maximum atomic E-state index is 12.7. The van der Waals surface area contributed by atoms with Gasteiger partial charge >= 0.3 is 0 Å². The van der Waals surface area contributed by atoms with Gasteiger partial charge in [0.15, 0.2) is 0 Å². The third-order valence-electron chi connectivity index (χ3n) is 6.58. The molecule has 1 amide bonds. The highest BCUT2D eigenvalue weighted by Crippen LogP contribution is 2.40. The van der Waals surface area contributed by atoms with E-state index in [1.54, 1.807) is 6.07 Å². The van der Waals surface area contributed by atoms with Crippen LogP contribution >= 0.6 is 0 Å². The van der Waals surface area contributed by atoms with Crippen LogP contribution in [-0.2, 0) is 9.53 Å². The summed E-state index contributed by atoms with van der Waals surface area (Å²) in [6.45, 7) is 8.47. The van der Waals surface area contributed by atoms with Crippen LogP contribution in [0.25, 0.3) is 0 Å². The van der Waals surface area contributed by atoms with Gasteiger partial charge in [-0.05, 0) is 51.5 Å². The predicted molar refractivity (Wildman–Crippen MR) is 113 cm³/mol. The third-order valence-corrected chi connectivity index (χ3v) is 6.58. The number of carbonyl (C=O) groups excluding carboxylic acids is 1. The van der Waals surface area contributed by atoms with Gasteiger partial charge in [-0.15, -0.1) is 0 Å². The number of nitrogens with one attached hydrogen (secondary N) is 1. The largest absolute Gasteiger partial charge is 0.368 e. The summed E-state index contributed by atoms with van der Waals surface area (Å²) >= 11 is 0. The Morgan fingerprint density at radius 1 is 1.31 bits per heavy atom. The minimum atomic E-state index is -0.328. The first-order valence-electron chi connectivity index (χ1n) is 11.0. The summed E-state index contributed by atoms with van der Waals surface area (Å²) in [6, 6.07) is 5.62. The van der Waals surface area contributed by atoms with Gasteiger partial charge in [0.2, 0.25) is 5.91 Å². The molecular formula is C23H33N3O3. The monoisotopic (exact) mass is 399 g/mol. The molecule has 1 N–H and O–H groups in total. The Bertz CT molecular complexity index is 821. The Morgan fingerprint density at radius 3 is 2.93 bits per heavy atom. The van der Waals surface area contributed by atoms with Crippen molar-refractivity contribution in [3.8, 4) is 0 Å². The smallest absolute Gasteiger partial charge is 0.251 e. The number of hydrogen-bond acceptors (Lipinski definition) is 4. The minimum absolute atomic E-state index is 0.00607. The molecule has 2 saturated heterocycles. The molecule has 0 unspecified atom stereocenters. The summed E-state index contributed by atoms with van der Waals surface area (Å²) in [4.78, 5) is 27.8. The zero-order chi connectivity index (χ0) is 20.4. The fourth-order valence-electron chi connectivity index (χ4n) is 5.22. The van der Waals surface area contributed by atoms with E-state index in [9.17, 15) is 9.59 Å². The molecule has 2 bridgehead atoms. The summed E-state index contributed by atoms with van der Waals surface area (Å²) in [5.74, 6) is 0.726. The molecule has 1 aromatic rings. The van der Waals surface area contributed by atoms with Crippen molar-refractivity contribution in [2.45, 2.75) is 57.6 Å². The third kappa shape index (κ3) is 4.48. The van der Waals surface area contributed by atoms with Crippen molar-refractivity contribution < 1.29 is 9.53 Å². The number of carbonyl (C=O) groups is 1. The second kappa shape index (κ2) is 8.84. The number of aromatic nitrogens is 1. The highest BCUT2D eigenvalue weighted by molar-refractivity contribution is 5.80. The first-order valence-corrected chi connectivity index (χ1v) is 11.0. The molecule has 0 spiro atoms. The number of amides is 1. The van der Waals surface area contributed by atoms with E-state index in [0.717, 1.165) is 51.0 Å². The normalized spacial score (nSPS) is 28.6. The van der Waals surface area contributed by atoms with Crippen LogP contribution in [0.1, 0.15) is 57.2 Å². The highest BCUT2D eigenvalue weighted by atomic mass is 16.5. The van der Waals surface area contributed by atoms with Crippen molar-refractivity contribution in [1.29, 1.82) is 0 Å². The number of pyridine rings is 1. The van der Waals surface area contributed by atoms with E-state index < -0.39 is 0 Å². The van der Waals surface area contributed by atoms with Gasteiger partial charge in [-0.2, -0.15) is 0 Å². The van der Waals surface area contributed by atoms with Gasteiger partial charge in [0.25, 0.3) is 5.56 Å². The number of allylic oxidation sites excluding steroid dienone is 1. The van der Waals surface area contributed by atoms with Crippen molar-refractivity contribution >= 4 is 5.91 Å². The Morgan fingerprint density at radius 2 is 2.17 bits per heavy atom. The van der Waals surface area contributed by atoms with Crippen molar-refractivity contribution in [2.24, 2.45) is 5.92 Å². The van der Waals surface area contributed by atoms with Gasteiger partial charge in [0, 0.05) is 50.5 Å². The van der Waals surface area contributed by atoms with Crippen molar-refractivity contribution in [2.75, 3.05) is 32.8 Å². The number of nitrogens with zero attached hydrogens (tertiary/aromatic N) is 2. The average Bonchev–Trinajstić information content (AvgIpc) is 3.23. The SMILES string of the molecule is CC(C)=CCCN1C[C@H]2C[C@@H](C1)[C@H](CNC(=O)[C@@H]1CCCO1)n1c2cccc1=O. The van der Waals surface area contributed by atoms with Gasteiger partial charge < -0.3 is 19.5 Å². The van der Waals surface area contributed by atoms with Crippen molar-refractivity contribution in [3.05, 3.63) is 45.9 Å². The van der Waals surface area contributed by atoms with Crippen LogP contribution in [-0.4, -0.2) is 54.3 Å². The summed E-state index contributed by atoms with van der Waals surface area (Å²) in [6.07, 6.45) is 5.84. The molecule has 0 aromatic carbocycles. The Hall–Kier alpha value is -1.92. The summed E-state index contributed by atoms with van der Waals surface area (Å²) < 4.78 is 7.48. The molecule has 0 radical (unpaired) electrons. The molecule has 6 heteroatoms. The quantitative estimate of drug-likeness (QED) is 0.747. The molecule has 0 aliphatic carbocycles. The van der Waals surface area contributed by atoms with E-state index in [1.165, 1.54) is 5.57 Å². The lowest BCUT2D eigenvalue weighted by atomic mass is 9.78. The van der Waals surface area contributed by atoms with Crippen LogP contribution in [0, 0.1) is 5.92 Å². The molecule has 1 aromatic heterocycles. The molecule has 4 heterocycles. The minimum Gasteiger partial charge on any atom is -0.368 e. The van der Waals surface area contributed by atoms with E-state index in [2.05, 4.69) is 36.2 Å². The number of likely N-dealkylation sites (tertiary alicyclic amines) is 1. The molecule has 29 heavy (non-hydrogen) atoms. The first-order chi connectivity index (χ1) is 14.0. The van der Waals surface area contributed by atoms with E-state index >= 15 is 0 Å². The van der Waals surface area contributed by atoms with Gasteiger partial charge in [-0.3, -0.25) is 9.59 Å². The molecule has 6 nitrogen and oxygen atoms in total. The van der Waals surface area contributed by atoms with Gasteiger partial charge in [-0.1, -0.05) is 17.7 Å². The zero-order valence-corrected chi connectivity index (χ0v) is 17.6. The fourth-order valence-corrected chi connectivity index (χ4v) is 5.22. The second-order valence-electron chi connectivity index (χ2n) is 9.00. The van der Waals surface area contributed by atoms with Gasteiger partial charge in [0.1, 0.15) is 6.10 Å². The lowest BCUT2D eigenvalue weighted by molar-refractivity contribution is -0.130. The first kappa shape index (κ1) is 20.4. The molecule has 0 saturated carbocycles. The van der Waals surface area contributed by atoms with Crippen molar-refractivity contribution in [3.63, 3.8) is 0 Å². The standard InChI is InChI=1S/C23H33N3O3/c1-16(2)6-4-10-25-14-17-12-18(15-25)20(26-19(17)7-3-9-22(26)27)13-24-23(28)21-8-5-11-29-21/h3,6-7,9,17-18,20-21H,4-5,8,10-15H2,1-2H3,(H,24,28)/t17-,18+,20+,21+/m1/s1. The number of rotatable bonds is 6. The summed E-state index contributed by atoms with van der Waals surface area (Å²) in [5, 5.41) is 3.09. The van der Waals surface area contributed by atoms with E-state index in [0.29, 0.717) is 25.0 Å². The highest BCUT2D eigenvalue weighted by Gasteiger charge is 2.40. The van der Waals surface area contributed by atoms with Gasteiger partial charge in [-0.25, -0.2) is 0 Å². The van der Waals surface area contributed by atoms with Crippen molar-refractivity contribution in [1.82, 2.24) is 14.8 Å². The Labute approximate surface area is 172 Å². The van der Waals surface area contributed by atoms with Crippen LogP contribution in [0.15, 0.2) is 34.6 Å². The molecule has 2 fully saturated rings. The van der Waals surface area contributed by atoms with Crippen LogP contribution in [0.3, 0.4) is 0 Å². The molecule has 3 aliphatic rings. The molecular weight excluding hydrogens is 366 g/mol. The number of fused-ring (bicyclic) bond motifs is 4. The van der Waals surface area contributed by atoms with E-state index in [-0.39, 0.29) is 23.6 Å². The van der Waals surface area contributed by atoms with E-state index in [1.807, 2.05) is 10.6 Å². The second-order valence-corrected chi connectivity index (χ2v) is 9.00. The van der Waals surface area contributed by atoms with Crippen LogP contribution in [0.4, 0.5) is 0 Å². The van der Waals surface area contributed by atoms with Crippen LogP contribution in [0.2, 0.25) is 0 Å². The van der Waals surface area contributed by atoms with Gasteiger partial charge in [0.05, 0.1) is 6.04 Å². The number of piperidine rings is 1. The number of ether oxygens (including phenoxy) is 1. The molecule has 158 valence electrons. The lowest BCUT2D eigenvalue weighted by Crippen LogP contribution is -2.52. The fraction of sp³-hybridized carbons (Fsp3) is 0.652. The van der Waals surface area contributed by atoms with Crippen LogP contribution < -0.4 is 10.9 Å². The van der Waals surface area contributed by atoms with E-state index in [4.69, 9.17) is 4.74 Å². The maximum Gasteiger partial charge on any atom is 0.251 e. The molecule has 4 rings (SSSR count). The summed E-state index contributed by atoms with van der Waals surface area (Å²) in [7, 11) is 0.